The van der Waals surface area contributed by atoms with Gasteiger partial charge in [-0.25, -0.2) is 9.97 Å². The van der Waals surface area contributed by atoms with Gasteiger partial charge in [0.15, 0.2) is 23.0 Å². The van der Waals surface area contributed by atoms with Crippen molar-refractivity contribution in [1.82, 2.24) is 30.2 Å². The van der Waals surface area contributed by atoms with Crippen LogP contribution in [-0.2, 0) is 9.59 Å². The average Bonchev–Trinajstić information content (AvgIpc) is 4.04. The van der Waals surface area contributed by atoms with E-state index in [-0.39, 0.29) is 41.9 Å². The highest BCUT2D eigenvalue weighted by Crippen LogP contribution is 2.44. The second kappa shape index (κ2) is 22.3. The Morgan fingerprint density at radius 1 is 0.569 bits per heavy atom. The van der Waals surface area contributed by atoms with Crippen molar-refractivity contribution in [1.29, 1.82) is 0 Å². The van der Waals surface area contributed by atoms with E-state index in [4.69, 9.17) is 52.6 Å². The summed E-state index contributed by atoms with van der Waals surface area (Å²) in [5.74, 6) is 5.10. The van der Waals surface area contributed by atoms with Crippen LogP contribution in [-0.4, -0.2) is 112 Å². The summed E-state index contributed by atoms with van der Waals surface area (Å²) in [6.07, 6.45) is 3.87. The summed E-state index contributed by atoms with van der Waals surface area (Å²) in [5, 5.41) is 4.46. The number of hydrogen-bond donors (Lipinski definition) is 1. The number of rotatable bonds is 17. The van der Waals surface area contributed by atoms with Crippen molar-refractivity contribution in [2.45, 2.75) is 51.9 Å². The van der Waals surface area contributed by atoms with Crippen LogP contribution in [0.4, 0.5) is 0 Å². The predicted molar refractivity (Wildman–Crippen MR) is 272 cm³/mol. The zero-order valence-corrected chi connectivity index (χ0v) is 42.2. The number of ether oxygens (including phenoxy) is 9. The van der Waals surface area contributed by atoms with Gasteiger partial charge in [-0.1, -0.05) is 12.1 Å². The highest BCUT2D eigenvalue weighted by atomic mass is 16.5. The highest BCUT2D eigenvalue weighted by Gasteiger charge is 2.37. The number of carbonyl (C=O) groups excluding carboxylic acids is 2. The Hall–Kier alpha value is -8.08. The Kier molecular flexibility index (Phi) is 15.6. The average molecular weight is 981 g/mol. The molecule has 17 heteroatoms. The molecule has 6 heterocycles. The van der Waals surface area contributed by atoms with Gasteiger partial charge in [0.2, 0.25) is 35.1 Å². The summed E-state index contributed by atoms with van der Waals surface area (Å²) in [7, 11) is 11.1. The number of hydrogen-bond acceptors (Lipinski definition) is 15. The van der Waals surface area contributed by atoms with Crippen LogP contribution in [0.3, 0.4) is 0 Å². The molecule has 0 spiro atoms. The van der Waals surface area contributed by atoms with Gasteiger partial charge in [-0.05, 0) is 99.1 Å². The number of amides is 2. The molecular formula is C55H60N6O11. The third kappa shape index (κ3) is 10.6. The molecule has 0 aliphatic carbocycles. The Morgan fingerprint density at radius 2 is 1.04 bits per heavy atom. The first kappa shape index (κ1) is 50.3. The lowest BCUT2D eigenvalue weighted by Crippen LogP contribution is -2.31. The maximum atomic E-state index is 13.1. The number of nitrogens with zero attached hydrogens (tertiary/aromatic N) is 5. The lowest BCUT2D eigenvalue weighted by molar-refractivity contribution is -0.129. The first-order valence-corrected chi connectivity index (χ1v) is 23.6. The smallest absolute Gasteiger partial charge is 0.223 e. The Labute approximate surface area is 418 Å². The van der Waals surface area contributed by atoms with Crippen LogP contribution < -0.4 is 47.9 Å². The molecule has 2 aliphatic rings. The molecule has 2 aliphatic heterocycles. The van der Waals surface area contributed by atoms with E-state index in [1.54, 1.807) is 62.2 Å². The minimum Gasteiger partial charge on any atom is -0.497 e. The summed E-state index contributed by atoms with van der Waals surface area (Å²) >= 11 is 0. The molecule has 2 saturated heterocycles. The molecule has 17 nitrogen and oxygen atoms in total. The second-order valence-electron chi connectivity index (χ2n) is 17.5. The number of fused-ring (bicyclic) bond motifs is 2. The zero-order valence-electron chi connectivity index (χ0n) is 42.2. The van der Waals surface area contributed by atoms with Crippen LogP contribution in [0.25, 0.3) is 44.3 Å². The van der Waals surface area contributed by atoms with Gasteiger partial charge >= 0.3 is 0 Å². The largest absolute Gasteiger partial charge is 0.497 e. The Balaban J connectivity index is 0.000000200. The van der Waals surface area contributed by atoms with Crippen LogP contribution in [0.2, 0.25) is 0 Å². The maximum absolute atomic E-state index is 13.1. The molecule has 2 fully saturated rings. The van der Waals surface area contributed by atoms with Crippen LogP contribution in [0.15, 0.2) is 97.3 Å². The maximum Gasteiger partial charge on any atom is 0.223 e. The molecule has 0 unspecified atom stereocenters. The predicted octanol–water partition coefficient (Wildman–Crippen LogP) is 8.93. The van der Waals surface area contributed by atoms with Crippen LogP contribution >= 0.6 is 0 Å². The second-order valence-corrected chi connectivity index (χ2v) is 17.5. The van der Waals surface area contributed by atoms with E-state index in [0.29, 0.717) is 83.6 Å². The van der Waals surface area contributed by atoms with E-state index < -0.39 is 0 Å². The number of methoxy groups -OCH3 is 7. The van der Waals surface area contributed by atoms with Gasteiger partial charge < -0.3 is 52.8 Å². The fraction of sp³-hybridized carbons (Fsp3) is 0.345. The molecule has 2 amide bonds. The number of aromatic nitrogens is 4. The van der Waals surface area contributed by atoms with Gasteiger partial charge in [-0.2, -0.15) is 0 Å². The lowest BCUT2D eigenvalue weighted by atomic mass is 10.0. The van der Waals surface area contributed by atoms with Gasteiger partial charge in [-0.15, -0.1) is 0 Å². The minimum atomic E-state index is -0.266. The fourth-order valence-corrected chi connectivity index (χ4v) is 9.04. The molecule has 0 saturated carbocycles. The highest BCUT2D eigenvalue weighted by molar-refractivity contribution is 5.89. The van der Waals surface area contributed by atoms with E-state index in [2.05, 4.69) is 22.2 Å². The third-order valence-corrected chi connectivity index (χ3v) is 13.2. The zero-order chi connectivity index (χ0) is 51.1. The van der Waals surface area contributed by atoms with Gasteiger partial charge in [0.25, 0.3) is 0 Å². The Bertz CT molecular complexity index is 3010. The molecule has 5 atom stereocenters. The third-order valence-electron chi connectivity index (χ3n) is 13.2. The van der Waals surface area contributed by atoms with Crippen molar-refractivity contribution in [3.05, 3.63) is 103 Å². The number of benzene rings is 3. The van der Waals surface area contributed by atoms with Crippen molar-refractivity contribution in [2.24, 2.45) is 11.8 Å². The molecule has 4 aromatic heterocycles. The van der Waals surface area contributed by atoms with Gasteiger partial charge in [0.05, 0.1) is 89.0 Å². The molecule has 9 rings (SSSR count). The first-order chi connectivity index (χ1) is 34.9. The summed E-state index contributed by atoms with van der Waals surface area (Å²) in [6.45, 7) is 7.20. The molecule has 376 valence electrons. The van der Waals surface area contributed by atoms with Gasteiger partial charge in [0.1, 0.15) is 18.0 Å². The number of nitrogens with one attached hydrogen (secondary N) is 1. The summed E-state index contributed by atoms with van der Waals surface area (Å²) < 4.78 is 51.0. The van der Waals surface area contributed by atoms with Gasteiger partial charge in [0, 0.05) is 61.3 Å². The minimum absolute atomic E-state index is 0.00144. The van der Waals surface area contributed by atoms with Crippen molar-refractivity contribution in [2.75, 3.05) is 62.9 Å². The summed E-state index contributed by atoms with van der Waals surface area (Å²) in [5.41, 5.74) is 5.40. The van der Waals surface area contributed by atoms with Crippen molar-refractivity contribution in [3.63, 3.8) is 0 Å². The molecule has 3 aromatic carbocycles. The number of carbonyl (C=O) groups is 2. The van der Waals surface area contributed by atoms with E-state index in [9.17, 15) is 9.59 Å². The SMILES string of the molecule is COc1cc(-c2cc3ncccc3c(O[C@H](C)[C@H]3CNC(=O)C3)n2)cc(OC)c1OC.COc1ccc([C@H](C)N2C[C@H]([C@@H](C)Oc3nc(-c4cc(OC)c(OC)c(OC)c4)cc4ncccc34)CC2=O)cc1. The topological polar surface area (TPSA) is 184 Å². The number of pyridine rings is 4. The molecule has 7 aromatic rings. The normalized spacial score (nSPS) is 16.5. The molecule has 0 bridgehead atoms. The number of likely N-dealkylation sites (tertiary alicyclic amines) is 1. The van der Waals surface area contributed by atoms with Gasteiger partial charge in [-0.3, -0.25) is 19.6 Å². The van der Waals surface area contributed by atoms with E-state index in [0.717, 1.165) is 44.2 Å². The molecule has 72 heavy (non-hydrogen) atoms. The van der Waals surface area contributed by atoms with Crippen LogP contribution in [0.5, 0.6) is 52.0 Å². The summed E-state index contributed by atoms with van der Waals surface area (Å²) in [4.78, 5) is 45.4. The standard InChI is InChI=1S/C32H35N3O6.C23H25N3O5/c1-19(21-9-11-24(37-3)12-10-21)35-18-23(16-30(35)36)20(2)41-32-25-8-7-13-33-27(25)17-26(34-32)22-14-28(38-4)31(40-6)29(15-22)39-5;1-13(15-10-21(27)25-12-15)31-23-16-6-5-7-24-18(16)11-17(26-23)14-8-19(28-2)22(30-4)20(9-14)29-3/h7-15,17,19-20,23H,16,18H2,1-6H3;5-9,11,13,15H,10,12H2,1-4H3,(H,25,27)/t19-,20+,23+;13-,15-/m01/s1. The van der Waals surface area contributed by atoms with Crippen molar-refractivity contribution in [3.8, 4) is 74.5 Å². The van der Waals surface area contributed by atoms with Crippen LogP contribution in [0.1, 0.15) is 45.2 Å². The molecular weight excluding hydrogens is 921 g/mol. The van der Waals surface area contributed by atoms with E-state index in [1.807, 2.05) is 104 Å². The quantitative estimate of drug-likeness (QED) is 0.0912. The van der Waals surface area contributed by atoms with Crippen molar-refractivity contribution >= 4 is 33.6 Å². The van der Waals surface area contributed by atoms with Crippen LogP contribution in [0, 0.1) is 11.8 Å². The van der Waals surface area contributed by atoms with Crippen molar-refractivity contribution < 1.29 is 52.2 Å². The monoisotopic (exact) mass is 980 g/mol. The van der Waals surface area contributed by atoms with E-state index in [1.165, 1.54) is 0 Å². The lowest BCUT2D eigenvalue weighted by Gasteiger charge is -2.27. The summed E-state index contributed by atoms with van der Waals surface area (Å²) in [6, 6.07) is 26.5. The Morgan fingerprint density at radius 3 is 1.46 bits per heavy atom. The fourth-order valence-electron chi connectivity index (χ4n) is 9.04. The van der Waals surface area contributed by atoms with E-state index >= 15 is 0 Å². The molecule has 1 N–H and O–H groups in total. The molecule has 0 radical (unpaired) electrons. The first-order valence-electron chi connectivity index (χ1n) is 23.6.